The molecule has 1 aromatic rings. The lowest BCUT2D eigenvalue weighted by molar-refractivity contribution is -0.123. The number of nitrogens with one attached hydrogen (secondary N) is 1. The third kappa shape index (κ3) is 3.24. The second kappa shape index (κ2) is 6.70. The van der Waals surface area contributed by atoms with Gasteiger partial charge in [0.05, 0.1) is 13.7 Å². The molecule has 7 heteroatoms. The van der Waals surface area contributed by atoms with Gasteiger partial charge in [-0.05, 0) is 32.2 Å². The van der Waals surface area contributed by atoms with E-state index in [9.17, 15) is 4.79 Å². The van der Waals surface area contributed by atoms with Crippen molar-refractivity contribution in [1.82, 2.24) is 20.2 Å². The van der Waals surface area contributed by atoms with Gasteiger partial charge in [-0.25, -0.2) is 9.97 Å². The second-order valence-electron chi connectivity index (χ2n) is 6.33. The normalized spacial score (nSPS) is 20.7. The number of anilines is 1. The number of ether oxygens (including phenoxy) is 1. The van der Waals surface area contributed by atoms with E-state index in [1.54, 1.807) is 20.5 Å². The highest BCUT2D eigenvalue weighted by atomic mass is 16.5. The standard InChI is InChI=1S/C16H25N5O2/c1-17-14(22)11-21-7-3-4-16(21)5-8-20(9-6-16)13-10-15(23-2)19-12-18-13/h10,12H,3-9,11H2,1-2H3,(H,17,22). The monoisotopic (exact) mass is 319 g/mol. The fourth-order valence-electron chi connectivity index (χ4n) is 3.83. The van der Waals surface area contributed by atoms with Crippen LogP contribution in [0, 0.1) is 0 Å². The Kier molecular flexibility index (Phi) is 4.66. The number of amides is 1. The molecule has 1 aromatic heterocycles. The van der Waals surface area contributed by atoms with Gasteiger partial charge >= 0.3 is 0 Å². The number of aromatic nitrogens is 2. The molecule has 1 N–H and O–H groups in total. The van der Waals surface area contributed by atoms with E-state index in [0.717, 1.165) is 38.3 Å². The van der Waals surface area contributed by atoms with E-state index in [2.05, 4.69) is 25.1 Å². The van der Waals surface area contributed by atoms with E-state index in [-0.39, 0.29) is 11.4 Å². The van der Waals surface area contributed by atoms with Gasteiger partial charge in [0.1, 0.15) is 12.1 Å². The van der Waals surface area contributed by atoms with Crippen molar-refractivity contribution < 1.29 is 9.53 Å². The minimum Gasteiger partial charge on any atom is -0.481 e. The topological polar surface area (TPSA) is 70.6 Å². The highest BCUT2D eigenvalue weighted by molar-refractivity contribution is 5.77. The molecule has 2 fully saturated rings. The molecule has 3 rings (SSSR count). The van der Waals surface area contributed by atoms with Gasteiger partial charge in [0.25, 0.3) is 0 Å². The fourth-order valence-corrected chi connectivity index (χ4v) is 3.83. The van der Waals surface area contributed by atoms with Crippen LogP contribution < -0.4 is 15.0 Å². The molecule has 0 saturated carbocycles. The number of likely N-dealkylation sites (N-methyl/N-ethyl adjacent to an activating group) is 1. The van der Waals surface area contributed by atoms with Crippen LogP contribution in [0.15, 0.2) is 12.4 Å². The number of hydrogen-bond donors (Lipinski definition) is 1. The van der Waals surface area contributed by atoms with E-state index in [0.29, 0.717) is 12.4 Å². The molecular formula is C16H25N5O2. The first-order valence-corrected chi connectivity index (χ1v) is 8.23. The predicted octanol–water partition coefficient (Wildman–Crippen LogP) is 0.666. The first-order chi connectivity index (χ1) is 11.2. The third-order valence-electron chi connectivity index (χ3n) is 5.21. The molecule has 1 amide bonds. The van der Waals surface area contributed by atoms with E-state index < -0.39 is 0 Å². The van der Waals surface area contributed by atoms with Gasteiger partial charge in [-0.15, -0.1) is 0 Å². The molecule has 0 atom stereocenters. The van der Waals surface area contributed by atoms with Crippen molar-refractivity contribution in [2.75, 3.05) is 45.2 Å². The van der Waals surface area contributed by atoms with Crippen molar-refractivity contribution in [3.05, 3.63) is 12.4 Å². The number of carbonyl (C=O) groups is 1. The number of likely N-dealkylation sites (tertiary alicyclic amines) is 1. The Morgan fingerprint density at radius 2 is 2.09 bits per heavy atom. The van der Waals surface area contributed by atoms with E-state index >= 15 is 0 Å². The van der Waals surface area contributed by atoms with E-state index in [4.69, 9.17) is 4.74 Å². The lowest BCUT2D eigenvalue weighted by atomic mass is 9.85. The van der Waals surface area contributed by atoms with Crippen molar-refractivity contribution in [3.63, 3.8) is 0 Å². The average Bonchev–Trinajstić information content (AvgIpc) is 2.97. The molecule has 7 nitrogen and oxygen atoms in total. The molecule has 0 aliphatic carbocycles. The van der Waals surface area contributed by atoms with Gasteiger partial charge in [-0.2, -0.15) is 0 Å². The summed E-state index contributed by atoms with van der Waals surface area (Å²) < 4.78 is 5.18. The summed E-state index contributed by atoms with van der Waals surface area (Å²) in [6, 6.07) is 1.88. The molecule has 2 aliphatic rings. The molecule has 3 heterocycles. The molecule has 2 saturated heterocycles. The first kappa shape index (κ1) is 16.0. The summed E-state index contributed by atoms with van der Waals surface area (Å²) in [5.74, 6) is 1.62. The lowest BCUT2D eigenvalue weighted by Crippen LogP contribution is -2.54. The Balaban J connectivity index is 1.66. The van der Waals surface area contributed by atoms with Gasteiger partial charge in [0.15, 0.2) is 0 Å². The van der Waals surface area contributed by atoms with Crippen LogP contribution in [0.1, 0.15) is 25.7 Å². The van der Waals surface area contributed by atoms with Crippen molar-refractivity contribution in [2.24, 2.45) is 0 Å². The summed E-state index contributed by atoms with van der Waals surface area (Å²) in [5, 5.41) is 2.74. The molecule has 126 valence electrons. The van der Waals surface area contributed by atoms with Crippen molar-refractivity contribution in [2.45, 2.75) is 31.2 Å². The Morgan fingerprint density at radius 3 is 2.78 bits per heavy atom. The number of nitrogens with zero attached hydrogens (tertiary/aromatic N) is 4. The Hall–Kier alpha value is -1.89. The first-order valence-electron chi connectivity index (χ1n) is 8.23. The van der Waals surface area contributed by atoms with Crippen molar-refractivity contribution in [1.29, 1.82) is 0 Å². The van der Waals surface area contributed by atoms with Gasteiger partial charge in [0, 0.05) is 31.7 Å². The van der Waals surface area contributed by atoms with Crippen LogP contribution in [0.2, 0.25) is 0 Å². The zero-order valence-electron chi connectivity index (χ0n) is 13.9. The highest BCUT2D eigenvalue weighted by Gasteiger charge is 2.43. The summed E-state index contributed by atoms with van der Waals surface area (Å²) >= 11 is 0. The van der Waals surface area contributed by atoms with Gasteiger partial charge < -0.3 is 15.0 Å². The molecule has 0 unspecified atom stereocenters. The van der Waals surface area contributed by atoms with E-state index in [1.807, 2.05) is 6.07 Å². The van der Waals surface area contributed by atoms with Crippen molar-refractivity contribution in [3.8, 4) is 5.88 Å². The summed E-state index contributed by atoms with van der Waals surface area (Å²) in [6.45, 7) is 3.43. The SMILES string of the molecule is CNC(=O)CN1CCCC12CCN(c1cc(OC)ncn1)CC2. The second-order valence-corrected chi connectivity index (χ2v) is 6.33. The quantitative estimate of drug-likeness (QED) is 0.879. The molecule has 0 radical (unpaired) electrons. The molecule has 2 aliphatic heterocycles. The van der Waals surface area contributed by atoms with Crippen LogP contribution in [-0.2, 0) is 4.79 Å². The van der Waals surface area contributed by atoms with Crippen LogP contribution in [0.25, 0.3) is 0 Å². The number of methoxy groups -OCH3 is 1. The predicted molar refractivity (Wildman–Crippen MR) is 87.6 cm³/mol. The minimum absolute atomic E-state index is 0.106. The van der Waals surface area contributed by atoms with Gasteiger partial charge in [0.2, 0.25) is 11.8 Å². The molecule has 23 heavy (non-hydrogen) atoms. The maximum absolute atomic E-state index is 11.8. The Morgan fingerprint density at radius 1 is 1.30 bits per heavy atom. The zero-order chi connectivity index (χ0) is 16.3. The number of carbonyl (C=O) groups excluding carboxylic acids is 1. The smallest absolute Gasteiger partial charge is 0.233 e. The van der Waals surface area contributed by atoms with Crippen LogP contribution in [0.5, 0.6) is 5.88 Å². The molecule has 0 bridgehead atoms. The molecule has 1 spiro atoms. The van der Waals surface area contributed by atoms with Crippen molar-refractivity contribution >= 4 is 11.7 Å². The zero-order valence-corrected chi connectivity index (χ0v) is 13.9. The molecule has 0 aromatic carbocycles. The van der Waals surface area contributed by atoms with Crippen LogP contribution in [-0.4, -0.2) is 66.7 Å². The van der Waals surface area contributed by atoms with Crippen LogP contribution in [0.3, 0.4) is 0 Å². The summed E-state index contributed by atoms with van der Waals surface area (Å²) in [6.07, 6.45) is 6.04. The van der Waals surface area contributed by atoms with Crippen LogP contribution in [0.4, 0.5) is 5.82 Å². The third-order valence-corrected chi connectivity index (χ3v) is 5.21. The van der Waals surface area contributed by atoms with Gasteiger partial charge in [-0.1, -0.05) is 0 Å². The summed E-state index contributed by atoms with van der Waals surface area (Å²) in [5.41, 5.74) is 0.181. The number of rotatable bonds is 4. The maximum Gasteiger partial charge on any atom is 0.233 e. The highest BCUT2D eigenvalue weighted by Crippen LogP contribution is 2.39. The van der Waals surface area contributed by atoms with Gasteiger partial charge in [-0.3, -0.25) is 9.69 Å². The molecular weight excluding hydrogens is 294 g/mol. The summed E-state index contributed by atoms with van der Waals surface area (Å²) in [4.78, 5) is 24.8. The Labute approximate surface area is 137 Å². The van der Waals surface area contributed by atoms with E-state index in [1.165, 1.54) is 12.8 Å². The minimum atomic E-state index is 0.106. The van der Waals surface area contributed by atoms with Crippen LogP contribution >= 0.6 is 0 Å². The largest absolute Gasteiger partial charge is 0.481 e. The lowest BCUT2D eigenvalue weighted by Gasteiger charge is -2.45. The maximum atomic E-state index is 11.8. The number of piperidine rings is 1. The Bertz CT molecular complexity index is 557. The number of hydrogen-bond acceptors (Lipinski definition) is 6. The summed E-state index contributed by atoms with van der Waals surface area (Å²) in [7, 11) is 3.32. The average molecular weight is 319 g/mol. The fraction of sp³-hybridized carbons (Fsp3) is 0.688.